The zero-order chi connectivity index (χ0) is 22.5. The Kier molecular flexibility index (Phi) is 6.91. The van der Waals surface area contributed by atoms with Crippen LogP contribution in [-0.2, 0) is 14.3 Å². The van der Waals surface area contributed by atoms with Crippen LogP contribution in [0.4, 0.5) is 0 Å². The first kappa shape index (κ1) is 22.3. The van der Waals surface area contributed by atoms with Gasteiger partial charge in [-0.3, -0.25) is 14.6 Å². The number of ketones is 1. The summed E-state index contributed by atoms with van der Waals surface area (Å²) in [6.07, 6.45) is 3.15. The molecule has 1 saturated heterocycles. The van der Waals surface area contributed by atoms with Gasteiger partial charge in [-0.2, -0.15) is 0 Å². The van der Waals surface area contributed by atoms with Crippen molar-refractivity contribution in [3.63, 3.8) is 0 Å². The second-order valence-electron chi connectivity index (χ2n) is 7.26. The number of methoxy groups -OCH3 is 2. The van der Waals surface area contributed by atoms with E-state index in [1.807, 2.05) is 13.8 Å². The van der Waals surface area contributed by atoms with Crippen molar-refractivity contribution in [2.24, 2.45) is 0 Å². The Balaban J connectivity index is 2.09. The van der Waals surface area contributed by atoms with Gasteiger partial charge in [0.1, 0.15) is 5.76 Å². The van der Waals surface area contributed by atoms with Crippen LogP contribution in [0.5, 0.6) is 11.5 Å². The van der Waals surface area contributed by atoms with E-state index >= 15 is 0 Å². The van der Waals surface area contributed by atoms with Gasteiger partial charge in [0, 0.05) is 24.5 Å². The van der Waals surface area contributed by atoms with Crippen molar-refractivity contribution in [3.05, 3.63) is 59.4 Å². The Morgan fingerprint density at radius 1 is 1.10 bits per heavy atom. The van der Waals surface area contributed by atoms with E-state index in [2.05, 4.69) is 4.98 Å². The molecule has 1 N–H and O–H groups in total. The number of aromatic nitrogens is 1. The minimum absolute atomic E-state index is 0.00738. The fourth-order valence-corrected chi connectivity index (χ4v) is 3.53. The number of benzene rings is 1. The van der Waals surface area contributed by atoms with Gasteiger partial charge >= 0.3 is 0 Å². The maximum atomic E-state index is 13.0. The maximum absolute atomic E-state index is 13.0. The molecule has 3 rings (SSSR count). The normalized spacial score (nSPS) is 18.0. The predicted octanol–water partition coefficient (Wildman–Crippen LogP) is 2.95. The highest BCUT2D eigenvalue weighted by Gasteiger charge is 2.46. The molecule has 2 heterocycles. The Labute approximate surface area is 181 Å². The maximum Gasteiger partial charge on any atom is 0.295 e. The van der Waals surface area contributed by atoms with Gasteiger partial charge in [0.2, 0.25) is 0 Å². The molecule has 0 saturated carbocycles. The molecule has 164 valence electrons. The number of hydrogen-bond donors (Lipinski definition) is 1. The SMILES string of the molecule is COc1ccc(/C(O)=C2/C(=O)C(=O)N(CCOC(C)C)C2c2ccncc2)cc1OC. The van der Waals surface area contributed by atoms with Gasteiger partial charge in [-0.1, -0.05) is 0 Å². The highest BCUT2D eigenvalue weighted by molar-refractivity contribution is 6.46. The van der Waals surface area contributed by atoms with Gasteiger partial charge in [-0.25, -0.2) is 0 Å². The Morgan fingerprint density at radius 2 is 1.77 bits per heavy atom. The van der Waals surface area contributed by atoms with Gasteiger partial charge < -0.3 is 24.2 Å². The molecular formula is C23H26N2O6. The lowest BCUT2D eigenvalue weighted by molar-refractivity contribution is -0.140. The number of likely N-dealkylation sites (tertiary alicyclic amines) is 1. The van der Waals surface area contributed by atoms with Crippen LogP contribution >= 0.6 is 0 Å². The van der Waals surface area contributed by atoms with Crippen molar-refractivity contribution in [1.29, 1.82) is 0 Å². The lowest BCUT2D eigenvalue weighted by Crippen LogP contribution is -2.33. The summed E-state index contributed by atoms with van der Waals surface area (Å²) in [6, 6.07) is 7.47. The topological polar surface area (TPSA) is 98.2 Å². The summed E-state index contributed by atoms with van der Waals surface area (Å²) in [5.74, 6) is -0.842. The van der Waals surface area contributed by atoms with E-state index in [4.69, 9.17) is 14.2 Å². The van der Waals surface area contributed by atoms with Crippen molar-refractivity contribution < 1.29 is 28.9 Å². The molecule has 2 aromatic rings. The molecular weight excluding hydrogens is 400 g/mol. The van der Waals surface area contributed by atoms with Crippen LogP contribution in [0.1, 0.15) is 31.0 Å². The number of carbonyl (C=O) groups is 2. The number of nitrogens with zero attached hydrogens (tertiary/aromatic N) is 2. The van der Waals surface area contributed by atoms with Crippen LogP contribution in [0.25, 0.3) is 5.76 Å². The molecule has 1 aromatic carbocycles. The van der Waals surface area contributed by atoms with Crippen LogP contribution in [0.3, 0.4) is 0 Å². The number of ether oxygens (including phenoxy) is 3. The van der Waals surface area contributed by atoms with Gasteiger partial charge in [-0.05, 0) is 49.7 Å². The van der Waals surface area contributed by atoms with Crippen molar-refractivity contribution >= 4 is 17.4 Å². The Hall–Kier alpha value is -3.39. The smallest absolute Gasteiger partial charge is 0.295 e. The van der Waals surface area contributed by atoms with E-state index in [1.54, 1.807) is 42.7 Å². The molecule has 31 heavy (non-hydrogen) atoms. The van der Waals surface area contributed by atoms with E-state index in [9.17, 15) is 14.7 Å². The van der Waals surface area contributed by atoms with Crippen molar-refractivity contribution in [2.75, 3.05) is 27.4 Å². The first-order valence-corrected chi connectivity index (χ1v) is 9.91. The zero-order valence-corrected chi connectivity index (χ0v) is 18.0. The van der Waals surface area contributed by atoms with E-state index in [0.29, 0.717) is 22.6 Å². The molecule has 0 bridgehead atoms. The minimum Gasteiger partial charge on any atom is -0.507 e. The van der Waals surface area contributed by atoms with E-state index in [-0.39, 0.29) is 30.6 Å². The summed E-state index contributed by atoms with van der Waals surface area (Å²) in [7, 11) is 2.98. The van der Waals surface area contributed by atoms with E-state index in [1.165, 1.54) is 19.1 Å². The summed E-state index contributed by atoms with van der Waals surface area (Å²) in [5, 5.41) is 11.1. The number of pyridine rings is 1. The van der Waals surface area contributed by atoms with Crippen LogP contribution < -0.4 is 9.47 Å². The summed E-state index contributed by atoms with van der Waals surface area (Å²) in [4.78, 5) is 31.3. The first-order chi connectivity index (χ1) is 14.9. The number of rotatable bonds is 8. The number of aliphatic hydroxyl groups excluding tert-OH is 1. The highest BCUT2D eigenvalue weighted by atomic mass is 16.5. The highest BCUT2D eigenvalue weighted by Crippen LogP contribution is 2.40. The lowest BCUT2D eigenvalue weighted by Gasteiger charge is -2.25. The second-order valence-corrected chi connectivity index (χ2v) is 7.26. The monoisotopic (exact) mass is 426 g/mol. The zero-order valence-electron chi connectivity index (χ0n) is 18.0. The van der Waals surface area contributed by atoms with Crippen molar-refractivity contribution in [1.82, 2.24) is 9.88 Å². The summed E-state index contributed by atoms with van der Waals surface area (Å²) >= 11 is 0. The average Bonchev–Trinajstić information content (AvgIpc) is 3.03. The quantitative estimate of drug-likeness (QED) is 0.394. The summed E-state index contributed by atoms with van der Waals surface area (Å²) < 4.78 is 16.1. The number of Topliss-reactive ketones (excluding diaryl/α,β-unsaturated/α-hetero) is 1. The third kappa shape index (κ3) is 4.54. The minimum atomic E-state index is -0.758. The van der Waals surface area contributed by atoms with Crippen LogP contribution in [0, 0.1) is 0 Å². The van der Waals surface area contributed by atoms with Crippen LogP contribution in [0.15, 0.2) is 48.3 Å². The molecule has 1 unspecified atom stereocenters. The number of carbonyl (C=O) groups excluding carboxylic acids is 2. The average molecular weight is 426 g/mol. The number of aliphatic hydroxyl groups is 1. The molecule has 1 aromatic heterocycles. The fraction of sp³-hybridized carbons (Fsp3) is 0.348. The second kappa shape index (κ2) is 9.61. The van der Waals surface area contributed by atoms with E-state index < -0.39 is 17.7 Å². The molecule has 1 atom stereocenters. The third-order valence-electron chi connectivity index (χ3n) is 5.00. The Bertz CT molecular complexity index is 987. The first-order valence-electron chi connectivity index (χ1n) is 9.91. The summed E-state index contributed by atoms with van der Waals surface area (Å²) in [6.45, 7) is 4.26. The third-order valence-corrected chi connectivity index (χ3v) is 5.00. The lowest BCUT2D eigenvalue weighted by atomic mass is 9.96. The summed E-state index contributed by atoms with van der Waals surface area (Å²) in [5.41, 5.74) is 1.02. The Morgan fingerprint density at radius 3 is 2.39 bits per heavy atom. The molecule has 1 amide bonds. The largest absolute Gasteiger partial charge is 0.507 e. The van der Waals surface area contributed by atoms with Crippen LogP contribution in [-0.4, -0.2) is 60.2 Å². The molecule has 0 aliphatic carbocycles. The van der Waals surface area contributed by atoms with Crippen LogP contribution in [0.2, 0.25) is 0 Å². The molecule has 8 nitrogen and oxygen atoms in total. The van der Waals surface area contributed by atoms with Gasteiger partial charge in [0.15, 0.2) is 11.5 Å². The van der Waals surface area contributed by atoms with Gasteiger partial charge in [0.25, 0.3) is 11.7 Å². The van der Waals surface area contributed by atoms with Gasteiger partial charge in [-0.15, -0.1) is 0 Å². The molecule has 0 radical (unpaired) electrons. The predicted molar refractivity (Wildman–Crippen MR) is 114 cm³/mol. The molecule has 0 spiro atoms. The molecule has 1 fully saturated rings. The van der Waals surface area contributed by atoms with E-state index in [0.717, 1.165) is 0 Å². The molecule has 8 heteroatoms. The van der Waals surface area contributed by atoms with Crippen molar-refractivity contribution in [3.8, 4) is 11.5 Å². The van der Waals surface area contributed by atoms with Gasteiger partial charge in [0.05, 0.1) is 38.5 Å². The van der Waals surface area contributed by atoms with Crippen molar-refractivity contribution in [2.45, 2.75) is 26.0 Å². The number of hydrogen-bond acceptors (Lipinski definition) is 7. The molecule has 1 aliphatic heterocycles. The fourth-order valence-electron chi connectivity index (χ4n) is 3.53. The molecule has 1 aliphatic rings. The number of amides is 1. The standard InChI is InChI=1S/C23H26N2O6/c1-14(2)31-12-11-25-20(15-7-9-24-10-8-15)19(22(27)23(25)28)21(26)16-5-6-17(29-3)18(13-16)30-4/h5-10,13-14,20,26H,11-12H2,1-4H3/b21-19-.